The normalized spacial score (nSPS) is 16.1. The molecule has 0 spiro atoms. The Labute approximate surface area is 180 Å². The van der Waals surface area contributed by atoms with Crippen molar-refractivity contribution in [3.8, 4) is 0 Å². The molecule has 4 nitrogen and oxygen atoms in total. The molecule has 0 atom stereocenters. The molecule has 0 amide bonds. The summed E-state index contributed by atoms with van der Waals surface area (Å²) in [5, 5.41) is 0. The molecule has 0 unspecified atom stereocenters. The van der Waals surface area contributed by atoms with E-state index in [-0.39, 0.29) is 17.9 Å². The van der Waals surface area contributed by atoms with Gasteiger partial charge in [0.2, 0.25) is 0 Å². The molecule has 1 saturated carbocycles. The molecule has 28 heavy (non-hydrogen) atoms. The van der Waals surface area contributed by atoms with Gasteiger partial charge in [0.05, 0.1) is 5.92 Å². The van der Waals surface area contributed by atoms with Gasteiger partial charge >= 0.3 is 11.9 Å². The number of ether oxygens (including phenoxy) is 2. The van der Waals surface area contributed by atoms with Crippen LogP contribution in [0, 0.1) is 11.3 Å². The van der Waals surface area contributed by atoms with E-state index in [1.165, 1.54) is 32.1 Å². The zero-order chi connectivity index (χ0) is 20.7. The van der Waals surface area contributed by atoms with Crippen LogP contribution in [0.15, 0.2) is 0 Å². The molecule has 0 bridgehead atoms. The smallest absolute Gasteiger partial charge is 0.308 e. The standard InChI is InChI=1S/C22H40O4S2/c1-4-9-19(10-5-2)21(24)26-16-18-28-27-17-15-25-20(23)11-14-22(3)12-7-6-8-13-22/h19H,4-18H2,1-3H3. The second-order valence-corrected chi connectivity index (χ2v) is 10.9. The van der Waals surface area contributed by atoms with E-state index in [0.29, 0.717) is 25.0 Å². The lowest BCUT2D eigenvalue weighted by Gasteiger charge is -2.33. The minimum absolute atomic E-state index is 0.0464. The van der Waals surface area contributed by atoms with E-state index in [9.17, 15) is 9.59 Å². The van der Waals surface area contributed by atoms with Gasteiger partial charge in [0.25, 0.3) is 0 Å². The van der Waals surface area contributed by atoms with E-state index in [4.69, 9.17) is 9.47 Å². The number of carbonyl (C=O) groups excluding carboxylic acids is 2. The lowest BCUT2D eigenvalue weighted by Crippen LogP contribution is -2.22. The Morgan fingerprint density at radius 2 is 1.50 bits per heavy atom. The fraction of sp³-hybridized carbons (Fsp3) is 0.909. The molecule has 0 N–H and O–H groups in total. The van der Waals surface area contributed by atoms with Crippen LogP contribution in [0.4, 0.5) is 0 Å². The number of esters is 2. The minimum atomic E-state index is -0.0655. The van der Waals surface area contributed by atoms with Crippen LogP contribution in [0.25, 0.3) is 0 Å². The average molecular weight is 433 g/mol. The van der Waals surface area contributed by atoms with Crippen LogP contribution in [-0.4, -0.2) is 36.7 Å². The van der Waals surface area contributed by atoms with Gasteiger partial charge in [-0.25, -0.2) is 0 Å². The molecule has 1 aliphatic rings. The highest BCUT2D eigenvalue weighted by molar-refractivity contribution is 8.76. The summed E-state index contributed by atoms with van der Waals surface area (Å²) in [4.78, 5) is 23.9. The average Bonchev–Trinajstić information content (AvgIpc) is 2.68. The third kappa shape index (κ3) is 11.6. The van der Waals surface area contributed by atoms with Crippen molar-refractivity contribution in [2.75, 3.05) is 24.7 Å². The van der Waals surface area contributed by atoms with Crippen LogP contribution in [0.1, 0.15) is 91.4 Å². The first-order chi connectivity index (χ1) is 13.5. The molecule has 0 saturated heterocycles. The summed E-state index contributed by atoms with van der Waals surface area (Å²) in [7, 11) is 3.34. The second kappa shape index (κ2) is 15.5. The molecule has 0 heterocycles. The molecule has 1 rings (SSSR count). The Morgan fingerprint density at radius 3 is 2.07 bits per heavy atom. The van der Waals surface area contributed by atoms with E-state index in [0.717, 1.165) is 43.6 Å². The van der Waals surface area contributed by atoms with Crippen molar-refractivity contribution < 1.29 is 19.1 Å². The first kappa shape index (κ1) is 25.7. The summed E-state index contributed by atoms with van der Waals surface area (Å²) < 4.78 is 10.7. The SMILES string of the molecule is CCCC(CCC)C(=O)OCCSSCCOC(=O)CCC1(C)CCCCC1. The van der Waals surface area contributed by atoms with Crippen LogP contribution < -0.4 is 0 Å². The van der Waals surface area contributed by atoms with Crippen molar-refractivity contribution in [2.24, 2.45) is 11.3 Å². The number of carbonyl (C=O) groups is 2. The highest BCUT2D eigenvalue weighted by Gasteiger charge is 2.27. The Kier molecular flexibility index (Phi) is 14.2. The van der Waals surface area contributed by atoms with E-state index in [1.807, 2.05) is 0 Å². The van der Waals surface area contributed by atoms with Gasteiger partial charge in [-0.1, -0.05) is 74.5 Å². The van der Waals surface area contributed by atoms with Crippen LogP contribution in [0.2, 0.25) is 0 Å². The lowest BCUT2D eigenvalue weighted by molar-refractivity contribution is -0.148. The van der Waals surface area contributed by atoms with E-state index >= 15 is 0 Å². The minimum Gasteiger partial charge on any atom is -0.465 e. The first-order valence-corrected chi connectivity index (χ1v) is 13.6. The molecule has 0 aromatic carbocycles. The molecule has 1 aliphatic carbocycles. The third-order valence-electron chi connectivity index (χ3n) is 5.52. The third-order valence-corrected chi connectivity index (χ3v) is 7.86. The summed E-state index contributed by atoms with van der Waals surface area (Å²) >= 11 is 0. The maximum atomic E-state index is 12.0. The number of rotatable bonds is 15. The first-order valence-electron chi connectivity index (χ1n) is 11.1. The highest BCUT2D eigenvalue weighted by Crippen LogP contribution is 2.39. The van der Waals surface area contributed by atoms with Crippen LogP contribution >= 0.6 is 21.6 Å². The van der Waals surface area contributed by atoms with Crippen molar-refractivity contribution in [3.05, 3.63) is 0 Å². The van der Waals surface area contributed by atoms with Crippen molar-refractivity contribution >= 4 is 33.5 Å². The predicted octanol–water partition coefficient (Wildman–Crippen LogP) is 6.42. The fourth-order valence-electron chi connectivity index (χ4n) is 3.81. The van der Waals surface area contributed by atoms with E-state index in [1.54, 1.807) is 21.6 Å². The van der Waals surface area contributed by atoms with Crippen molar-refractivity contribution in [1.82, 2.24) is 0 Å². The monoisotopic (exact) mass is 432 g/mol. The zero-order valence-electron chi connectivity index (χ0n) is 18.1. The summed E-state index contributed by atoms with van der Waals surface area (Å²) in [6.45, 7) is 7.43. The van der Waals surface area contributed by atoms with Gasteiger partial charge in [-0.15, -0.1) is 0 Å². The largest absolute Gasteiger partial charge is 0.465 e. The fourth-order valence-corrected chi connectivity index (χ4v) is 5.46. The topological polar surface area (TPSA) is 52.6 Å². The molecular formula is C22H40O4S2. The van der Waals surface area contributed by atoms with Gasteiger partial charge in [0.15, 0.2) is 0 Å². The number of hydrogen-bond acceptors (Lipinski definition) is 6. The quantitative estimate of drug-likeness (QED) is 0.169. The van der Waals surface area contributed by atoms with Crippen molar-refractivity contribution in [3.63, 3.8) is 0 Å². The second-order valence-electron chi connectivity index (χ2n) is 8.18. The van der Waals surface area contributed by atoms with Gasteiger partial charge in [0.1, 0.15) is 13.2 Å². The van der Waals surface area contributed by atoms with E-state index < -0.39 is 0 Å². The van der Waals surface area contributed by atoms with Gasteiger partial charge in [0, 0.05) is 17.9 Å². The summed E-state index contributed by atoms with van der Waals surface area (Å²) in [5.74, 6) is 1.49. The maximum absolute atomic E-state index is 12.0. The van der Waals surface area contributed by atoms with Crippen LogP contribution in [-0.2, 0) is 19.1 Å². The molecule has 6 heteroatoms. The summed E-state index contributed by atoms with van der Waals surface area (Å²) in [5.41, 5.74) is 0.340. The van der Waals surface area contributed by atoms with Crippen molar-refractivity contribution in [1.29, 1.82) is 0 Å². The Morgan fingerprint density at radius 1 is 0.929 bits per heavy atom. The number of hydrogen-bond donors (Lipinski definition) is 0. The van der Waals surface area contributed by atoms with Crippen LogP contribution in [0.5, 0.6) is 0 Å². The van der Waals surface area contributed by atoms with Gasteiger partial charge in [-0.05, 0) is 37.5 Å². The Balaban J connectivity index is 1.98. The molecule has 1 fully saturated rings. The summed E-state index contributed by atoms with van der Waals surface area (Å²) in [6.07, 6.45) is 11.8. The zero-order valence-corrected chi connectivity index (χ0v) is 19.8. The molecular weight excluding hydrogens is 392 g/mol. The predicted molar refractivity (Wildman–Crippen MR) is 121 cm³/mol. The summed E-state index contributed by atoms with van der Waals surface area (Å²) in [6, 6.07) is 0. The van der Waals surface area contributed by atoms with Gasteiger partial charge < -0.3 is 9.47 Å². The molecule has 0 aliphatic heterocycles. The molecule has 164 valence electrons. The van der Waals surface area contributed by atoms with E-state index in [2.05, 4.69) is 20.8 Å². The Bertz CT molecular complexity index is 430. The highest BCUT2D eigenvalue weighted by atomic mass is 33.1. The molecule has 0 aromatic rings. The van der Waals surface area contributed by atoms with Crippen molar-refractivity contribution in [2.45, 2.75) is 91.4 Å². The van der Waals surface area contributed by atoms with Crippen LogP contribution in [0.3, 0.4) is 0 Å². The molecule has 0 radical (unpaired) electrons. The maximum Gasteiger partial charge on any atom is 0.308 e. The lowest BCUT2D eigenvalue weighted by atomic mass is 9.73. The van der Waals surface area contributed by atoms with Gasteiger partial charge in [-0.3, -0.25) is 9.59 Å². The Hall–Kier alpha value is -0.360. The van der Waals surface area contributed by atoms with Gasteiger partial charge in [-0.2, -0.15) is 0 Å². The molecule has 0 aromatic heterocycles.